The van der Waals surface area contributed by atoms with Gasteiger partial charge in [0, 0.05) is 10.8 Å². The van der Waals surface area contributed by atoms with Crippen molar-refractivity contribution in [1.82, 2.24) is 19.8 Å². The van der Waals surface area contributed by atoms with Crippen LogP contribution in [0.4, 0.5) is 5.82 Å². The van der Waals surface area contributed by atoms with Crippen LogP contribution in [-0.2, 0) is 0 Å². The molecule has 25 heavy (non-hydrogen) atoms. The maximum atomic E-state index is 6.07. The maximum Gasteiger partial charge on any atom is 0.185 e. The molecule has 0 atom stereocenters. The molecule has 0 unspecified atom stereocenters. The molecule has 8 heteroatoms. The number of rotatable bonds is 3. The lowest BCUT2D eigenvalue weighted by atomic mass is 10.1. The molecular weight excluding hydrogens is 359 g/mol. The average Bonchev–Trinajstić information content (AvgIpc) is 3.10. The molecule has 2 heterocycles. The summed E-state index contributed by atoms with van der Waals surface area (Å²) in [6.45, 7) is 1.88. The molecule has 0 fully saturated rings. The second-order valence-corrected chi connectivity index (χ2v) is 6.25. The van der Waals surface area contributed by atoms with E-state index in [2.05, 4.69) is 25.8 Å². The van der Waals surface area contributed by atoms with Gasteiger partial charge in [0.2, 0.25) is 0 Å². The summed E-state index contributed by atoms with van der Waals surface area (Å²) < 4.78 is 1.62. The number of nitrogens with one attached hydrogen (secondary N) is 1. The molecule has 0 amide bonds. The summed E-state index contributed by atoms with van der Waals surface area (Å²) in [6, 6.07) is 13.2. The Hall–Kier alpha value is -2.70. The van der Waals surface area contributed by atoms with Crippen molar-refractivity contribution in [2.45, 2.75) is 6.92 Å². The fourth-order valence-electron chi connectivity index (χ4n) is 2.53. The molecule has 0 aliphatic carbocycles. The van der Waals surface area contributed by atoms with E-state index in [1.807, 2.05) is 37.3 Å². The van der Waals surface area contributed by atoms with Crippen molar-refractivity contribution in [3.05, 3.63) is 64.4 Å². The maximum absolute atomic E-state index is 6.07. The second kappa shape index (κ2) is 6.31. The SMILES string of the molecule is C/C(=N/Nc1nn2cnnc2c2ccccc12)c1ccc(Cl)c(Cl)c1. The Morgan fingerprint density at radius 3 is 2.68 bits per heavy atom. The largest absolute Gasteiger partial charge is 0.259 e. The predicted molar refractivity (Wildman–Crippen MR) is 101 cm³/mol. The van der Waals surface area contributed by atoms with E-state index in [4.69, 9.17) is 23.2 Å². The molecule has 0 saturated carbocycles. The summed E-state index contributed by atoms with van der Waals surface area (Å²) in [7, 11) is 0. The molecule has 6 nitrogen and oxygen atoms in total. The van der Waals surface area contributed by atoms with Crippen molar-refractivity contribution in [1.29, 1.82) is 0 Å². The van der Waals surface area contributed by atoms with Crippen LogP contribution in [0, 0.1) is 0 Å². The third kappa shape index (κ3) is 2.90. The molecule has 0 spiro atoms. The van der Waals surface area contributed by atoms with Crippen LogP contribution in [0.3, 0.4) is 0 Å². The zero-order valence-corrected chi connectivity index (χ0v) is 14.6. The van der Waals surface area contributed by atoms with Crippen LogP contribution in [0.25, 0.3) is 16.4 Å². The monoisotopic (exact) mass is 370 g/mol. The van der Waals surface area contributed by atoms with E-state index in [1.54, 1.807) is 23.0 Å². The third-order valence-electron chi connectivity index (χ3n) is 3.83. The van der Waals surface area contributed by atoms with Crippen LogP contribution in [0.15, 0.2) is 53.9 Å². The van der Waals surface area contributed by atoms with Gasteiger partial charge in [-0.05, 0) is 24.6 Å². The van der Waals surface area contributed by atoms with Gasteiger partial charge >= 0.3 is 0 Å². The van der Waals surface area contributed by atoms with Gasteiger partial charge in [0.1, 0.15) is 6.33 Å². The Morgan fingerprint density at radius 2 is 1.88 bits per heavy atom. The van der Waals surface area contributed by atoms with Crippen molar-refractivity contribution >= 4 is 51.2 Å². The standard InChI is InChI=1S/C17H12Cl2N6/c1-10(11-6-7-14(18)15(19)8-11)21-22-16-12-4-2-3-5-13(12)17-23-20-9-25(17)24-16/h2-9H,1H3,(H,22,24)/b21-10-. The number of fused-ring (bicyclic) bond motifs is 3. The highest BCUT2D eigenvalue weighted by Gasteiger charge is 2.09. The van der Waals surface area contributed by atoms with Crippen molar-refractivity contribution in [2.24, 2.45) is 5.10 Å². The average molecular weight is 371 g/mol. The van der Waals surface area contributed by atoms with Crippen LogP contribution in [0.5, 0.6) is 0 Å². The quantitative estimate of drug-likeness (QED) is 0.428. The van der Waals surface area contributed by atoms with Crippen molar-refractivity contribution < 1.29 is 0 Å². The molecule has 2 aromatic carbocycles. The highest BCUT2D eigenvalue weighted by molar-refractivity contribution is 6.42. The van der Waals surface area contributed by atoms with Gasteiger partial charge in [-0.1, -0.05) is 53.5 Å². The first kappa shape index (κ1) is 15.8. The van der Waals surface area contributed by atoms with Crippen LogP contribution in [0.1, 0.15) is 12.5 Å². The Kier molecular flexibility index (Phi) is 3.99. The van der Waals surface area contributed by atoms with Gasteiger partial charge in [-0.2, -0.15) is 9.62 Å². The number of aromatic nitrogens is 4. The minimum atomic E-state index is 0.489. The number of hydrazone groups is 1. The van der Waals surface area contributed by atoms with Gasteiger partial charge in [-0.3, -0.25) is 5.43 Å². The summed E-state index contributed by atoms with van der Waals surface area (Å²) in [5.74, 6) is 0.613. The topological polar surface area (TPSA) is 67.5 Å². The van der Waals surface area contributed by atoms with E-state index >= 15 is 0 Å². The Labute approximate surface area is 153 Å². The molecule has 0 aliphatic heterocycles. The van der Waals surface area contributed by atoms with Crippen LogP contribution >= 0.6 is 23.2 Å². The number of anilines is 1. The van der Waals surface area contributed by atoms with Gasteiger partial charge in [-0.25, -0.2) is 0 Å². The molecule has 0 saturated heterocycles. The van der Waals surface area contributed by atoms with Crippen LogP contribution in [-0.4, -0.2) is 25.5 Å². The summed E-state index contributed by atoms with van der Waals surface area (Å²) in [5, 5.41) is 19.8. The van der Waals surface area contributed by atoms with Crippen molar-refractivity contribution in [2.75, 3.05) is 5.43 Å². The lowest BCUT2D eigenvalue weighted by Gasteiger charge is -2.08. The van der Waals surface area contributed by atoms with E-state index in [0.29, 0.717) is 21.5 Å². The molecule has 124 valence electrons. The highest BCUT2D eigenvalue weighted by atomic mass is 35.5. The predicted octanol–water partition coefficient (Wildman–Crippen LogP) is 4.42. The first-order valence-corrected chi connectivity index (χ1v) is 8.23. The van der Waals surface area contributed by atoms with Crippen LogP contribution in [0.2, 0.25) is 10.0 Å². The fourth-order valence-corrected chi connectivity index (χ4v) is 2.83. The minimum Gasteiger partial charge on any atom is -0.259 e. The Balaban J connectivity index is 1.75. The molecule has 0 aliphatic rings. The van der Waals surface area contributed by atoms with E-state index in [0.717, 1.165) is 22.0 Å². The number of nitrogens with zero attached hydrogens (tertiary/aromatic N) is 5. The molecule has 2 aromatic heterocycles. The summed E-state index contributed by atoms with van der Waals surface area (Å²) in [5.41, 5.74) is 5.36. The van der Waals surface area contributed by atoms with Gasteiger partial charge in [0.05, 0.1) is 15.8 Å². The first-order chi connectivity index (χ1) is 12.1. The van der Waals surface area contributed by atoms with Gasteiger partial charge < -0.3 is 0 Å². The number of halogens is 2. The molecular formula is C17H12Cl2N6. The molecule has 0 bridgehead atoms. The van der Waals surface area contributed by atoms with Gasteiger partial charge in [-0.15, -0.1) is 15.3 Å². The summed E-state index contributed by atoms with van der Waals surface area (Å²) in [6.07, 6.45) is 1.56. The van der Waals surface area contributed by atoms with E-state index in [1.165, 1.54) is 0 Å². The number of hydrogen-bond donors (Lipinski definition) is 1. The normalized spacial score (nSPS) is 12.0. The smallest absolute Gasteiger partial charge is 0.185 e. The number of hydrogen-bond acceptors (Lipinski definition) is 5. The Bertz CT molecular complexity index is 1120. The molecule has 4 aromatic rings. The summed E-state index contributed by atoms with van der Waals surface area (Å²) in [4.78, 5) is 0. The third-order valence-corrected chi connectivity index (χ3v) is 4.57. The fraction of sp³-hybridized carbons (Fsp3) is 0.0588. The molecule has 0 radical (unpaired) electrons. The van der Waals surface area contributed by atoms with Gasteiger partial charge in [0.25, 0.3) is 0 Å². The lowest BCUT2D eigenvalue weighted by molar-refractivity contribution is 0.934. The Morgan fingerprint density at radius 1 is 1.08 bits per heavy atom. The number of benzene rings is 2. The second-order valence-electron chi connectivity index (χ2n) is 5.43. The van der Waals surface area contributed by atoms with Crippen LogP contribution < -0.4 is 5.43 Å². The molecule has 1 N–H and O–H groups in total. The van der Waals surface area contributed by atoms with E-state index in [-0.39, 0.29) is 0 Å². The van der Waals surface area contributed by atoms with Gasteiger partial charge in [0.15, 0.2) is 11.5 Å². The zero-order valence-electron chi connectivity index (χ0n) is 13.1. The summed E-state index contributed by atoms with van der Waals surface area (Å²) >= 11 is 12.0. The van der Waals surface area contributed by atoms with E-state index in [9.17, 15) is 0 Å². The molecule has 4 rings (SSSR count). The van der Waals surface area contributed by atoms with Crippen molar-refractivity contribution in [3.8, 4) is 0 Å². The lowest BCUT2D eigenvalue weighted by Crippen LogP contribution is -2.04. The zero-order chi connectivity index (χ0) is 17.4. The van der Waals surface area contributed by atoms with Crippen molar-refractivity contribution in [3.63, 3.8) is 0 Å². The first-order valence-electron chi connectivity index (χ1n) is 7.48. The van der Waals surface area contributed by atoms with E-state index < -0.39 is 0 Å². The minimum absolute atomic E-state index is 0.489. The highest BCUT2D eigenvalue weighted by Crippen LogP contribution is 2.25.